The molecule has 0 aliphatic rings. The maximum absolute atomic E-state index is 11.8. The molecule has 0 spiro atoms. The van der Waals surface area contributed by atoms with E-state index < -0.39 is 18.4 Å². The fraction of sp³-hybridized carbons (Fsp3) is 0.300. The lowest BCUT2D eigenvalue weighted by Crippen LogP contribution is -2.22. The fourth-order valence-electron chi connectivity index (χ4n) is 0.988. The summed E-state index contributed by atoms with van der Waals surface area (Å²) in [6.07, 6.45) is -5.08. The van der Waals surface area contributed by atoms with E-state index in [-0.39, 0.29) is 6.42 Å². The lowest BCUT2D eigenvalue weighted by molar-refractivity contribution is -0.171. The van der Waals surface area contributed by atoms with Crippen LogP contribution >= 0.6 is 0 Å². The van der Waals surface area contributed by atoms with Crippen LogP contribution in [0.2, 0.25) is 0 Å². The van der Waals surface area contributed by atoms with E-state index in [1.54, 1.807) is 24.3 Å². The van der Waals surface area contributed by atoms with E-state index in [2.05, 4.69) is 6.07 Å². The van der Waals surface area contributed by atoms with Crippen LogP contribution < -0.4 is 0 Å². The summed E-state index contributed by atoms with van der Waals surface area (Å²) in [5.41, 5.74) is 0.710. The second kappa shape index (κ2) is 4.26. The van der Waals surface area contributed by atoms with Gasteiger partial charge in [0.15, 0.2) is 0 Å². The van der Waals surface area contributed by atoms with E-state index in [0.717, 1.165) is 0 Å². The Morgan fingerprint density at radius 2 is 1.86 bits per heavy atom. The van der Waals surface area contributed by atoms with E-state index in [1.165, 1.54) is 0 Å². The lowest BCUT2D eigenvalue weighted by Gasteiger charge is -2.04. The van der Waals surface area contributed by atoms with Crippen molar-refractivity contribution in [1.29, 1.82) is 0 Å². The molecule has 1 aromatic rings. The Bertz CT molecular complexity index is 303. The van der Waals surface area contributed by atoms with Gasteiger partial charge in [-0.1, -0.05) is 24.3 Å². The molecule has 4 heteroatoms. The first kappa shape index (κ1) is 10.8. The van der Waals surface area contributed by atoms with Crippen molar-refractivity contribution in [3.63, 3.8) is 0 Å². The van der Waals surface area contributed by atoms with Gasteiger partial charge in [0.05, 0.1) is 0 Å². The minimum atomic E-state index is -4.71. The Morgan fingerprint density at radius 3 is 2.36 bits per heavy atom. The molecule has 1 rings (SSSR count). The van der Waals surface area contributed by atoms with Gasteiger partial charge < -0.3 is 0 Å². The first-order chi connectivity index (χ1) is 6.50. The third-order valence-corrected chi connectivity index (χ3v) is 1.74. The summed E-state index contributed by atoms with van der Waals surface area (Å²) < 4.78 is 35.4. The molecule has 0 heterocycles. The molecule has 0 saturated heterocycles. The van der Waals surface area contributed by atoms with Gasteiger partial charge in [-0.25, -0.2) is 0 Å². The molecule has 0 aromatic heterocycles. The van der Waals surface area contributed by atoms with Gasteiger partial charge in [0.25, 0.3) is 0 Å². The predicted octanol–water partition coefficient (Wildman–Crippen LogP) is 2.55. The fourth-order valence-corrected chi connectivity index (χ4v) is 0.988. The Labute approximate surface area is 79.5 Å². The van der Waals surface area contributed by atoms with Crippen LogP contribution in [-0.2, 0) is 11.2 Å². The Hall–Kier alpha value is -1.32. The van der Waals surface area contributed by atoms with Gasteiger partial charge in [-0.15, -0.1) is 0 Å². The molecular formula is C10H8F3O. The molecule has 1 radical (unpaired) electrons. The first-order valence-electron chi connectivity index (χ1n) is 4.05. The molecule has 1 nitrogen and oxygen atoms in total. The first-order valence-corrected chi connectivity index (χ1v) is 4.05. The Morgan fingerprint density at radius 1 is 1.29 bits per heavy atom. The van der Waals surface area contributed by atoms with Crippen molar-refractivity contribution < 1.29 is 18.0 Å². The zero-order valence-electron chi connectivity index (χ0n) is 7.27. The van der Waals surface area contributed by atoms with Gasteiger partial charge in [0.1, 0.15) is 0 Å². The van der Waals surface area contributed by atoms with Crippen LogP contribution in [0.4, 0.5) is 13.2 Å². The number of carbonyl (C=O) groups is 1. The Kier molecular flexibility index (Phi) is 3.28. The smallest absolute Gasteiger partial charge is 0.290 e. The van der Waals surface area contributed by atoms with E-state index in [1.807, 2.05) is 0 Å². The molecule has 0 fully saturated rings. The molecule has 0 aliphatic heterocycles. The van der Waals surface area contributed by atoms with E-state index >= 15 is 0 Å². The van der Waals surface area contributed by atoms with E-state index in [9.17, 15) is 18.0 Å². The highest BCUT2D eigenvalue weighted by molar-refractivity contribution is 5.84. The molecule has 0 saturated carbocycles. The van der Waals surface area contributed by atoms with E-state index in [0.29, 0.717) is 5.56 Å². The maximum Gasteiger partial charge on any atom is 0.449 e. The molecule has 0 atom stereocenters. The number of aryl methyl sites for hydroxylation is 1. The summed E-state index contributed by atoms with van der Waals surface area (Å²) in [7, 11) is 0. The highest BCUT2D eigenvalue weighted by atomic mass is 19.4. The van der Waals surface area contributed by atoms with Gasteiger partial charge in [-0.05, 0) is 18.1 Å². The lowest BCUT2D eigenvalue weighted by atomic mass is 10.1. The molecule has 1 aromatic carbocycles. The molecule has 75 valence electrons. The van der Waals surface area contributed by atoms with Gasteiger partial charge in [0, 0.05) is 6.42 Å². The average molecular weight is 201 g/mol. The van der Waals surface area contributed by atoms with Crippen molar-refractivity contribution in [2.24, 2.45) is 0 Å². The van der Waals surface area contributed by atoms with Crippen LogP contribution in [0.5, 0.6) is 0 Å². The van der Waals surface area contributed by atoms with Crippen molar-refractivity contribution in [2.45, 2.75) is 19.0 Å². The number of hydrogen-bond acceptors (Lipinski definition) is 1. The van der Waals surface area contributed by atoms with Crippen LogP contribution in [0.3, 0.4) is 0 Å². The predicted molar refractivity (Wildman–Crippen MR) is 44.7 cm³/mol. The number of Topliss-reactive ketones (excluding diaryl/α,β-unsaturated/α-hetero) is 1. The summed E-state index contributed by atoms with van der Waals surface area (Å²) in [5.74, 6) is -1.68. The van der Waals surface area contributed by atoms with Crippen molar-refractivity contribution >= 4 is 5.78 Å². The average Bonchev–Trinajstić information content (AvgIpc) is 2.14. The van der Waals surface area contributed by atoms with Gasteiger partial charge in [-0.2, -0.15) is 13.2 Å². The minimum absolute atomic E-state index is 0.118. The highest BCUT2D eigenvalue weighted by Gasteiger charge is 2.37. The second-order valence-corrected chi connectivity index (χ2v) is 2.83. The maximum atomic E-state index is 11.8. The standard InChI is InChI=1S/C10H8F3O/c11-10(12,13)9(14)7-6-8-4-2-1-3-5-8/h2-5H,6-7H2. The number of hydrogen-bond donors (Lipinski definition) is 0. The third-order valence-electron chi connectivity index (χ3n) is 1.74. The monoisotopic (exact) mass is 201 g/mol. The SMILES string of the molecule is O=C(CCc1cc[c]cc1)C(F)(F)F. The molecule has 0 bridgehead atoms. The summed E-state index contributed by atoms with van der Waals surface area (Å²) in [6, 6.07) is 9.24. The van der Waals surface area contributed by atoms with Crippen molar-refractivity contribution in [3.8, 4) is 0 Å². The van der Waals surface area contributed by atoms with Crippen LogP contribution in [0.1, 0.15) is 12.0 Å². The summed E-state index contributed by atoms with van der Waals surface area (Å²) in [4.78, 5) is 10.5. The number of alkyl halides is 3. The van der Waals surface area contributed by atoms with Crippen molar-refractivity contribution in [3.05, 3.63) is 35.9 Å². The van der Waals surface area contributed by atoms with Crippen LogP contribution in [0.15, 0.2) is 24.3 Å². The largest absolute Gasteiger partial charge is 0.449 e. The van der Waals surface area contributed by atoms with Gasteiger partial charge in [-0.3, -0.25) is 4.79 Å². The van der Waals surface area contributed by atoms with Crippen LogP contribution in [0.25, 0.3) is 0 Å². The zero-order valence-corrected chi connectivity index (χ0v) is 7.27. The number of ketones is 1. The number of halogens is 3. The summed E-state index contributed by atoms with van der Waals surface area (Å²) >= 11 is 0. The van der Waals surface area contributed by atoms with Gasteiger partial charge in [0.2, 0.25) is 5.78 Å². The molecule has 0 N–H and O–H groups in total. The number of benzene rings is 1. The number of rotatable bonds is 3. The van der Waals surface area contributed by atoms with Crippen molar-refractivity contribution in [1.82, 2.24) is 0 Å². The van der Waals surface area contributed by atoms with Crippen molar-refractivity contribution in [2.75, 3.05) is 0 Å². The minimum Gasteiger partial charge on any atom is -0.290 e. The van der Waals surface area contributed by atoms with Crippen LogP contribution in [0, 0.1) is 6.07 Å². The van der Waals surface area contributed by atoms with E-state index in [4.69, 9.17) is 0 Å². The molecule has 0 unspecified atom stereocenters. The third kappa shape index (κ3) is 3.20. The zero-order chi connectivity index (χ0) is 10.6. The topological polar surface area (TPSA) is 17.1 Å². The molecular weight excluding hydrogens is 193 g/mol. The normalized spacial score (nSPS) is 11.4. The second-order valence-electron chi connectivity index (χ2n) is 2.83. The van der Waals surface area contributed by atoms with Crippen LogP contribution in [-0.4, -0.2) is 12.0 Å². The highest BCUT2D eigenvalue weighted by Crippen LogP contribution is 2.18. The number of carbonyl (C=O) groups excluding carboxylic acids is 1. The molecule has 0 aliphatic carbocycles. The molecule has 14 heavy (non-hydrogen) atoms. The van der Waals surface area contributed by atoms with Gasteiger partial charge >= 0.3 is 6.18 Å². The summed E-state index contributed by atoms with van der Waals surface area (Å²) in [5, 5.41) is 0. The molecule has 0 amide bonds. The Balaban J connectivity index is 2.46. The summed E-state index contributed by atoms with van der Waals surface area (Å²) in [6.45, 7) is 0. The quantitative estimate of drug-likeness (QED) is 0.734.